The van der Waals surface area contributed by atoms with Crippen LogP contribution in [0.25, 0.3) is 0 Å². The zero-order valence-corrected chi connectivity index (χ0v) is 11.2. The Hall–Kier alpha value is -1.33. The summed E-state index contributed by atoms with van der Waals surface area (Å²) in [5.74, 6) is -1.61. The van der Waals surface area contributed by atoms with Crippen LogP contribution in [0.5, 0.6) is 0 Å². The molecule has 0 spiro atoms. The summed E-state index contributed by atoms with van der Waals surface area (Å²) in [6, 6.07) is 3.34. The highest BCUT2D eigenvalue weighted by Crippen LogP contribution is 2.13. The lowest BCUT2D eigenvalue weighted by Gasteiger charge is -2.37. The second-order valence-electron chi connectivity index (χ2n) is 5.11. The van der Waals surface area contributed by atoms with Crippen LogP contribution in [0.15, 0.2) is 18.2 Å². The lowest BCUT2D eigenvalue weighted by atomic mass is 10.1. The average Bonchev–Trinajstić information content (AvgIpc) is 2.36. The summed E-state index contributed by atoms with van der Waals surface area (Å²) < 4.78 is 26.6. The minimum Gasteiger partial charge on any atom is -0.301 e. The minimum absolute atomic E-state index is 0.137. The SMILES string of the molecule is CC1CN(CC(=O)c2cc(F)ccc2F)CCN1C. The van der Waals surface area contributed by atoms with Crippen molar-refractivity contribution >= 4 is 5.78 Å². The van der Waals surface area contributed by atoms with Crippen molar-refractivity contribution in [3.8, 4) is 0 Å². The molecule has 19 heavy (non-hydrogen) atoms. The Morgan fingerprint density at radius 2 is 2.11 bits per heavy atom. The highest BCUT2D eigenvalue weighted by atomic mass is 19.1. The molecule has 5 heteroatoms. The number of ketones is 1. The smallest absolute Gasteiger partial charge is 0.179 e. The normalized spacial score (nSPS) is 21.6. The van der Waals surface area contributed by atoms with Gasteiger partial charge in [0, 0.05) is 25.7 Å². The molecule has 3 nitrogen and oxygen atoms in total. The summed E-state index contributed by atoms with van der Waals surface area (Å²) in [6.45, 7) is 4.63. The third-order valence-corrected chi connectivity index (χ3v) is 3.64. The topological polar surface area (TPSA) is 23.6 Å². The molecule has 0 radical (unpaired) electrons. The standard InChI is InChI=1S/C14H18F2N2O/c1-10-8-18(6-5-17(10)2)9-14(19)12-7-11(15)3-4-13(12)16/h3-4,7,10H,5-6,8-9H2,1-2H3. The zero-order chi connectivity index (χ0) is 14.0. The van der Waals surface area contributed by atoms with Gasteiger partial charge in [0.2, 0.25) is 0 Å². The van der Waals surface area contributed by atoms with Gasteiger partial charge in [0.15, 0.2) is 5.78 Å². The largest absolute Gasteiger partial charge is 0.301 e. The molecule has 1 aromatic rings. The van der Waals surface area contributed by atoms with E-state index in [4.69, 9.17) is 0 Å². The third kappa shape index (κ3) is 3.36. The number of hydrogen-bond acceptors (Lipinski definition) is 3. The molecule has 1 aromatic carbocycles. The first-order chi connectivity index (χ1) is 8.97. The number of hydrogen-bond donors (Lipinski definition) is 0. The Morgan fingerprint density at radius 1 is 1.37 bits per heavy atom. The lowest BCUT2D eigenvalue weighted by molar-refractivity contribution is 0.0782. The van der Waals surface area contributed by atoms with E-state index in [1.165, 1.54) is 0 Å². The summed E-state index contributed by atoms with van der Waals surface area (Å²) in [6.07, 6.45) is 0. The van der Waals surface area contributed by atoms with E-state index < -0.39 is 11.6 Å². The van der Waals surface area contributed by atoms with E-state index in [2.05, 4.69) is 11.8 Å². The number of likely N-dealkylation sites (N-methyl/N-ethyl adjacent to an activating group) is 1. The predicted molar refractivity (Wildman–Crippen MR) is 69.2 cm³/mol. The van der Waals surface area contributed by atoms with Crippen LogP contribution in [-0.2, 0) is 0 Å². The number of rotatable bonds is 3. The van der Waals surface area contributed by atoms with Crippen LogP contribution in [0.1, 0.15) is 17.3 Å². The molecule has 0 amide bonds. The van der Waals surface area contributed by atoms with Gasteiger partial charge in [-0.15, -0.1) is 0 Å². The maximum absolute atomic E-state index is 13.5. The van der Waals surface area contributed by atoms with Crippen molar-refractivity contribution in [1.29, 1.82) is 0 Å². The molecule has 1 saturated heterocycles. The lowest BCUT2D eigenvalue weighted by Crippen LogP contribution is -2.51. The maximum Gasteiger partial charge on any atom is 0.179 e. The fraction of sp³-hybridized carbons (Fsp3) is 0.500. The highest BCUT2D eigenvalue weighted by Gasteiger charge is 2.23. The summed E-state index contributed by atoms with van der Waals surface area (Å²) in [4.78, 5) is 16.2. The van der Waals surface area contributed by atoms with Gasteiger partial charge in [-0.05, 0) is 32.2 Å². The number of carbonyl (C=O) groups excluding carboxylic acids is 1. The van der Waals surface area contributed by atoms with Crippen LogP contribution in [0.4, 0.5) is 8.78 Å². The van der Waals surface area contributed by atoms with Crippen molar-refractivity contribution in [2.75, 3.05) is 33.2 Å². The van der Waals surface area contributed by atoms with E-state index >= 15 is 0 Å². The molecular weight excluding hydrogens is 250 g/mol. The van der Waals surface area contributed by atoms with Crippen molar-refractivity contribution in [2.45, 2.75) is 13.0 Å². The zero-order valence-electron chi connectivity index (χ0n) is 11.2. The molecule has 1 aliphatic heterocycles. The van der Waals surface area contributed by atoms with Crippen molar-refractivity contribution < 1.29 is 13.6 Å². The van der Waals surface area contributed by atoms with Gasteiger partial charge < -0.3 is 4.90 Å². The van der Waals surface area contributed by atoms with Gasteiger partial charge in [-0.1, -0.05) is 0 Å². The highest BCUT2D eigenvalue weighted by molar-refractivity contribution is 5.97. The Balaban J connectivity index is 2.03. The predicted octanol–water partition coefficient (Wildman–Crippen LogP) is 1.78. The van der Waals surface area contributed by atoms with E-state index in [1.807, 2.05) is 11.9 Å². The van der Waals surface area contributed by atoms with E-state index in [0.717, 1.165) is 37.8 Å². The molecule has 0 aliphatic carbocycles. The van der Waals surface area contributed by atoms with Crippen molar-refractivity contribution in [3.63, 3.8) is 0 Å². The molecule has 0 aromatic heterocycles. The molecule has 2 rings (SSSR count). The molecule has 1 aliphatic rings. The Morgan fingerprint density at radius 3 is 2.79 bits per heavy atom. The van der Waals surface area contributed by atoms with Gasteiger partial charge in [0.25, 0.3) is 0 Å². The Kier molecular flexibility index (Phi) is 4.27. The fourth-order valence-corrected chi connectivity index (χ4v) is 2.27. The Labute approximate surface area is 111 Å². The molecule has 1 atom stereocenters. The van der Waals surface area contributed by atoms with Gasteiger partial charge in [0.1, 0.15) is 11.6 Å². The number of piperazine rings is 1. The maximum atomic E-state index is 13.5. The van der Waals surface area contributed by atoms with Gasteiger partial charge in [-0.25, -0.2) is 8.78 Å². The molecule has 1 unspecified atom stereocenters. The van der Waals surface area contributed by atoms with Gasteiger partial charge in [0.05, 0.1) is 12.1 Å². The van der Waals surface area contributed by atoms with Gasteiger partial charge in [-0.3, -0.25) is 9.69 Å². The van der Waals surface area contributed by atoms with Gasteiger partial charge in [-0.2, -0.15) is 0 Å². The summed E-state index contributed by atoms with van der Waals surface area (Å²) >= 11 is 0. The fourth-order valence-electron chi connectivity index (χ4n) is 2.27. The van der Waals surface area contributed by atoms with Crippen LogP contribution >= 0.6 is 0 Å². The number of Topliss-reactive ketones (excluding diaryl/α,β-unsaturated/α-hetero) is 1. The van der Waals surface area contributed by atoms with Crippen LogP contribution in [-0.4, -0.2) is 54.9 Å². The van der Waals surface area contributed by atoms with Crippen molar-refractivity contribution in [3.05, 3.63) is 35.4 Å². The molecule has 0 N–H and O–H groups in total. The quantitative estimate of drug-likeness (QED) is 0.781. The van der Waals surface area contributed by atoms with Gasteiger partial charge >= 0.3 is 0 Å². The number of carbonyl (C=O) groups is 1. The first-order valence-electron chi connectivity index (χ1n) is 6.38. The third-order valence-electron chi connectivity index (χ3n) is 3.64. The van der Waals surface area contributed by atoms with Crippen molar-refractivity contribution in [2.24, 2.45) is 0 Å². The van der Waals surface area contributed by atoms with Crippen LogP contribution in [0.2, 0.25) is 0 Å². The first kappa shape index (κ1) is 14.1. The molecule has 0 bridgehead atoms. The van der Waals surface area contributed by atoms with E-state index in [-0.39, 0.29) is 17.9 Å². The van der Waals surface area contributed by atoms with Crippen molar-refractivity contribution in [1.82, 2.24) is 9.80 Å². The van der Waals surface area contributed by atoms with Crippen LogP contribution in [0.3, 0.4) is 0 Å². The average molecular weight is 268 g/mol. The summed E-state index contributed by atoms with van der Waals surface area (Å²) in [5.41, 5.74) is -0.161. The van der Waals surface area contributed by atoms with Crippen LogP contribution < -0.4 is 0 Å². The molecule has 0 saturated carbocycles. The van der Waals surface area contributed by atoms with E-state index in [1.54, 1.807) is 0 Å². The number of benzene rings is 1. The number of nitrogens with zero attached hydrogens (tertiary/aromatic N) is 2. The summed E-state index contributed by atoms with van der Waals surface area (Å²) in [5, 5.41) is 0. The molecule has 1 heterocycles. The number of halogens is 2. The molecular formula is C14H18F2N2O. The minimum atomic E-state index is -0.659. The molecule has 1 fully saturated rings. The summed E-state index contributed by atoms with van der Waals surface area (Å²) in [7, 11) is 2.04. The second kappa shape index (κ2) is 5.75. The Bertz CT molecular complexity index is 479. The van der Waals surface area contributed by atoms with Crippen LogP contribution in [0, 0.1) is 11.6 Å². The molecule has 104 valence electrons. The monoisotopic (exact) mass is 268 g/mol. The first-order valence-corrected chi connectivity index (χ1v) is 6.38. The second-order valence-corrected chi connectivity index (χ2v) is 5.11. The van der Waals surface area contributed by atoms with E-state index in [0.29, 0.717) is 6.04 Å². The van der Waals surface area contributed by atoms with E-state index in [9.17, 15) is 13.6 Å².